The zero-order chi connectivity index (χ0) is 11.0. The molecule has 0 bridgehead atoms. The van der Waals surface area contributed by atoms with Gasteiger partial charge < -0.3 is 4.74 Å². The van der Waals surface area contributed by atoms with Crippen LogP contribution in [0.3, 0.4) is 0 Å². The summed E-state index contributed by atoms with van der Waals surface area (Å²) in [6, 6.07) is 1.97. The zero-order valence-corrected chi connectivity index (χ0v) is 9.60. The van der Waals surface area contributed by atoms with Crippen molar-refractivity contribution in [3.8, 4) is 6.07 Å². The van der Waals surface area contributed by atoms with E-state index < -0.39 is 0 Å². The van der Waals surface area contributed by atoms with Crippen LogP contribution in [0.2, 0.25) is 0 Å². The molecule has 0 heterocycles. The molecule has 0 aliphatic rings. The van der Waals surface area contributed by atoms with E-state index in [1.54, 1.807) is 0 Å². The molecule has 0 unspecified atom stereocenters. The van der Waals surface area contributed by atoms with Gasteiger partial charge in [0.05, 0.1) is 12.7 Å². The van der Waals surface area contributed by atoms with Crippen LogP contribution in [-0.2, 0) is 4.74 Å². The number of rotatable bonds is 7. The summed E-state index contributed by atoms with van der Waals surface area (Å²) in [5, 5.41) is 8.46. The maximum atomic E-state index is 8.46. The fourth-order valence-electron chi connectivity index (χ4n) is 1.15. The number of ether oxygens (including phenoxy) is 1. The van der Waals surface area contributed by atoms with E-state index in [1.807, 2.05) is 6.07 Å². The van der Waals surface area contributed by atoms with Crippen LogP contribution in [0.15, 0.2) is 12.2 Å². The molecule has 80 valence electrons. The van der Waals surface area contributed by atoms with Gasteiger partial charge in [-0.15, -0.1) is 0 Å². The van der Waals surface area contributed by atoms with Crippen LogP contribution < -0.4 is 0 Å². The quantitative estimate of drug-likeness (QED) is 0.461. The van der Waals surface area contributed by atoms with Gasteiger partial charge in [-0.25, -0.2) is 0 Å². The fraction of sp³-hybridized carbons (Fsp3) is 0.750. The van der Waals surface area contributed by atoms with Crippen molar-refractivity contribution in [1.29, 1.82) is 5.26 Å². The summed E-state index contributed by atoms with van der Waals surface area (Å²) < 4.78 is 5.36. The molecule has 0 fully saturated rings. The van der Waals surface area contributed by atoms with E-state index in [9.17, 15) is 0 Å². The SMILES string of the molecule is C=C(C#N)COCCC(C)(CC)CC. The highest BCUT2D eigenvalue weighted by Crippen LogP contribution is 2.29. The van der Waals surface area contributed by atoms with Crippen molar-refractivity contribution in [1.82, 2.24) is 0 Å². The van der Waals surface area contributed by atoms with Gasteiger partial charge in [0.15, 0.2) is 0 Å². The standard InChI is InChI=1S/C12H21NO/c1-5-12(4,6-2)7-8-14-10-11(3)9-13/h3,5-8,10H2,1-2,4H3. The molecule has 2 heteroatoms. The van der Waals surface area contributed by atoms with E-state index >= 15 is 0 Å². The second-order valence-electron chi connectivity index (χ2n) is 4.04. The average Bonchev–Trinajstić information content (AvgIpc) is 2.23. The van der Waals surface area contributed by atoms with Crippen LogP contribution in [0, 0.1) is 16.7 Å². The first-order chi connectivity index (χ1) is 6.58. The smallest absolute Gasteiger partial charge is 0.0965 e. The second-order valence-corrected chi connectivity index (χ2v) is 4.04. The summed E-state index contributed by atoms with van der Waals surface area (Å²) in [5.74, 6) is 0. The minimum absolute atomic E-state index is 0.375. The van der Waals surface area contributed by atoms with Crippen molar-refractivity contribution in [2.75, 3.05) is 13.2 Å². The Hall–Kier alpha value is -0.810. The lowest BCUT2D eigenvalue weighted by molar-refractivity contribution is 0.112. The summed E-state index contributed by atoms with van der Waals surface area (Å²) in [4.78, 5) is 0. The molecular weight excluding hydrogens is 174 g/mol. The second kappa shape index (κ2) is 6.62. The van der Waals surface area contributed by atoms with Crippen LogP contribution in [0.1, 0.15) is 40.0 Å². The van der Waals surface area contributed by atoms with Crippen LogP contribution in [0.4, 0.5) is 0 Å². The van der Waals surface area contributed by atoms with Gasteiger partial charge in [0.2, 0.25) is 0 Å². The molecule has 0 aromatic carbocycles. The van der Waals surface area contributed by atoms with E-state index in [0.29, 0.717) is 17.6 Å². The molecule has 0 N–H and O–H groups in total. The first-order valence-electron chi connectivity index (χ1n) is 5.23. The van der Waals surface area contributed by atoms with Crippen LogP contribution in [0.5, 0.6) is 0 Å². The summed E-state index contributed by atoms with van der Waals surface area (Å²) in [6.45, 7) is 11.3. The lowest BCUT2D eigenvalue weighted by Gasteiger charge is -2.26. The minimum Gasteiger partial charge on any atom is -0.376 e. The third kappa shape index (κ3) is 5.04. The first-order valence-corrected chi connectivity index (χ1v) is 5.23. The van der Waals surface area contributed by atoms with Gasteiger partial charge >= 0.3 is 0 Å². The maximum absolute atomic E-state index is 8.46. The Bertz CT molecular complexity index is 211. The van der Waals surface area contributed by atoms with Gasteiger partial charge in [0.25, 0.3) is 0 Å². The molecule has 0 saturated carbocycles. The third-order valence-corrected chi connectivity index (χ3v) is 2.99. The Morgan fingerprint density at radius 1 is 1.43 bits per heavy atom. The summed E-state index contributed by atoms with van der Waals surface area (Å²) in [7, 11) is 0. The normalized spacial score (nSPS) is 11.0. The maximum Gasteiger partial charge on any atom is 0.0965 e. The van der Waals surface area contributed by atoms with Crippen molar-refractivity contribution >= 4 is 0 Å². The van der Waals surface area contributed by atoms with Gasteiger partial charge in [0, 0.05) is 12.2 Å². The summed E-state index contributed by atoms with van der Waals surface area (Å²) >= 11 is 0. The van der Waals surface area contributed by atoms with Crippen molar-refractivity contribution in [2.24, 2.45) is 5.41 Å². The first kappa shape index (κ1) is 13.2. The third-order valence-electron chi connectivity index (χ3n) is 2.99. The topological polar surface area (TPSA) is 33.0 Å². The Morgan fingerprint density at radius 3 is 2.43 bits per heavy atom. The highest BCUT2D eigenvalue weighted by Gasteiger charge is 2.18. The fourth-order valence-corrected chi connectivity index (χ4v) is 1.15. The van der Waals surface area contributed by atoms with Gasteiger partial charge in [0.1, 0.15) is 0 Å². The molecule has 0 amide bonds. The van der Waals surface area contributed by atoms with Gasteiger partial charge in [-0.1, -0.05) is 40.2 Å². The molecule has 0 aromatic heterocycles. The van der Waals surface area contributed by atoms with Gasteiger partial charge in [-0.2, -0.15) is 5.26 Å². The molecule has 14 heavy (non-hydrogen) atoms. The Labute approximate surface area is 87.6 Å². The van der Waals surface area contributed by atoms with Gasteiger partial charge in [-0.3, -0.25) is 0 Å². The largest absolute Gasteiger partial charge is 0.376 e. The van der Waals surface area contributed by atoms with Crippen LogP contribution >= 0.6 is 0 Å². The van der Waals surface area contributed by atoms with Crippen LogP contribution in [-0.4, -0.2) is 13.2 Å². The Kier molecular flexibility index (Phi) is 6.23. The molecule has 0 aliphatic heterocycles. The predicted octanol–water partition coefficient (Wildman–Crippen LogP) is 3.30. The predicted molar refractivity (Wildman–Crippen MR) is 58.9 cm³/mol. The Balaban J connectivity index is 3.64. The number of hydrogen-bond acceptors (Lipinski definition) is 2. The van der Waals surface area contributed by atoms with E-state index in [2.05, 4.69) is 27.4 Å². The molecule has 0 aliphatic carbocycles. The van der Waals surface area contributed by atoms with E-state index in [0.717, 1.165) is 13.0 Å². The van der Waals surface area contributed by atoms with E-state index in [1.165, 1.54) is 12.8 Å². The van der Waals surface area contributed by atoms with Crippen molar-refractivity contribution < 1.29 is 4.74 Å². The molecule has 0 radical (unpaired) electrons. The molecule has 0 rings (SSSR count). The molecule has 0 aromatic rings. The van der Waals surface area contributed by atoms with Crippen LogP contribution in [0.25, 0.3) is 0 Å². The zero-order valence-electron chi connectivity index (χ0n) is 9.60. The van der Waals surface area contributed by atoms with Crippen molar-refractivity contribution in [3.05, 3.63) is 12.2 Å². The summed E-state index contributed by atoms with van der Waals surface area (Å²) in [6.07, 6.45) is 3.40. The number of hydrogen-bond donors (Lipinski definition) is 0. The minimum atomic E-state index is 0.375. The highest BCUT2D eigenvalue weighted by molar-refractivity contribution is 5.15. The molecular formula is C12H21NO. The Morgan fingerprint density at radius 2 is 2.00 bits per heavy atom. The van der Waals surface area contributed by atoms with Crippen molar-refractivity contribution in [2.45, 2.75) is 40.0 Å². The van der Waals surface area contributed by atoms with Crippen molar-refractivity contribution in [3.63, 3.8) is 0 Å². The summed E-state index contributed by atoms with van der Waals surface area (Å²) in [5.41, 5.74) is 0.883. The average molecular weight is 195 g/mol. The van der Waals surface area contributed by atoms with Gasteiger partial charge in [-0.05, 0) is 11.8 Å². The number of nitrogens with zero attached hydrogens (tertiary/aromatic N) is 1. The monoisotopic (exact) mass is 195 g/mol. The van der Waals surface area contributed by atoms with E-state index in [4.69, 9.17) is 10.00 Å². The lowest BCUT2D eigenvalue weighted by Crippen LogP contribution is -2.17. The number of nitriles is 1. The molecule has 0 atom stereocenters. The molecule has 0 saturated heterocycles. The highest BCUT2D eigenvalue weighted by atomic mass is 16.5. The molecule has 0 spiro atoms. The molecule has 2 nitrogen and oxygen atoms in total. The lowest BCUT2D eigenvalue weighted by atomic mass is 9.82. The van der Waals surface area contributed by atoms with E-state index in [-0.39, 0.29) is 0 Å².